The summed E-state index contributed by atoms with van der Waals surface area (Å²) in [4.78, 5) is 1.75. The average Bonchev–Trinajstić information content (AvgIpc) is 3.27. The van der Waals surface area contributed by atoms with Gasteiger partial charge in [0.05, 0.1) is 9.79 Å². The predicted molar refractivity (Wildman–Crippen MR) is 256 cm³/mol. The van der Waals surface area contributed by atoms with Crippen LogP contribution in [0.15, 0.2) is 180 Å². The molecule has 0 radical (unpaired) electrons. The third-order valence-corrected chi connectivity index (χ3v) is 15.0. The molecule has 0 atom stereocenters. The van der Waals surface area contributed by atoms with Gasteiger partial charge in [-0.15, -0.1) is 23.5 Å². The van der Waals surface area contributed by atoms with E-state index in [2.05, 4.69) is 213 Å². The first kappa shape index (κ1) is 42.9. The second-order valence-electron chi connectivity index (χ2n) is 18.1. The Kier molecular flexibility index (Phi) is 12.5. The van der Waals surface area contributed by atoms with Gasteiger partial charge in [-0.2, -0.15) is 0 Å². The minimum atomic E-state index is -0.433. The summed E-state index contributed by atoms with van der Waals surface area (Å²) in [6.07, 6.45) is 0. The molecule has 306 valence electrons. The van der Waals surface area contributed by atoms with E-state index in [1.807, 2.05) is 12.1 Å². The first-order valence-corrected chi connectivity index (χ1v) is 22.9. The lowest BCUT2D eigenvalue weighted by Crippen LogP contribution is -2.23. The second kappa shape index (κ2) is 17.4. The first-order chi connectivity index (χ1) is 28.6. The summed E-state index contributed by atoms with van der Waals surface area (Å²) in [6.45, 7) is 17.9. The fourth-order valence-corrected chi connectivity index (χ4v) is 10.4. The lowest BCUT2D eigenvalue weighted by molar-refractivity contribution is 0.438. The summed E-state index contributed by atoms with van der Waals surface area (Å²) in [5.74, 6) is 2.04. The van der Waals surface area contributed by atoms with Gasteiger partial charge in [-0.25, -0.2) is 0 Å². The summed E-state index contributed by atoms with van der Waals surface area (Å²) in [7, 11) is 0. The third kappa shape index (κ3) is 8.69. The van der Waals surface area contributed by atoms with Crippen LogP contribution in [0.5, 0.6) is 11.5 Å². The summed E-state index contributed by atoms with van der Waals surface area (Å²) < 4.78 is 0. The van der Waals surface area contributed by atoms with Gasteiger partial charge < -0.3 is 10.2 Å². The Morgan fingerprint density at radius 2 is 0.600 bits per heavy atom. The molecule has 0 aliphatic heterocycles. The van der Waals surface area contributed by atoms with Crippen molar-refractivity contribution in [2.75, 3.05) is 0 Å². The topological polar surface area (TPSA) is 40.5 Å². The van der Waals surface area contributed by atoms with Crippen LogP contribution in [0.25, 0.3) is 0 Å². The van der Waals surface area contributed by atoms with Gasteiger partial charge in [0, 0.05) is 44.3 Å². The molecule has 4 heteroatoms. The van der Waals surface area contributed by atoms with Crippen molar-refractivity contribution in [3.05, 3.63) is 225 Å². The molecule has 7 aromatic rings. The normalized spacial score (nSPS) is 12.4. The molecule has 0 fully saturated rings. The van der Waals surface area contributed by atoms with Gasteiger partial charge in [-0.3, -0.25) is 0 Å². The van der Waals surface area contributed by atoms with E-state index in [1.165, 1.54) is 33.4 Å². The number of hydrogen-bond donors (Lipinski definition) is 2. The van der Waals surface area contributed by atoms with Crippen molar-refractivity contribution >= 4 is 23.5 Å². The van der Waals surface area contributed by atoms with Crippen molar-refractivity contribution in [2.24, 2.45) is 0 Å². The summed E-state index contributed by atoms with van der Waals surface area (Å²) >= 11 is 3.38. The molecule has 7 aromatic carbocycles. The molecule has 0 saturated carbocycles. The van der Waals surface area contributed by atoms with E-state index in [-0.39, 0.29) is 10.8 Å². The summed E-state index contributed by atoms with van der Waals surface area (Å²) in [5.41, 5.74) is 9.90. The van der Waals surface area contributed by atoms with Crippen LogP contribution in [0.1, 0.15) is 111 Å². The van der Waals surface area contributed by atoms with Crippen LogP contribution < -0.4 is 0 Å². The fraction of sp³-hybridized carbons (Fsp3) is 0.250. The summed E-state index contributed by atoms with van der Waals surface area (Å²) in [5, 5.41) is 24.3. The fourth-order valence-electron chi connectivity index (χ4n) is 8.32. The van der Waals surface area contributed by atoms with Crippen LogP contribution in [-0.2, 0) is 33.2 Å². The van der Waals surface area contributed by atoms with Crippen LogP contribution in [0.2, 0.25) is 0 Å². The van der Waals surface area contributed by atoms with Crippen LogP contribution in [-0.4, -0.2) is 10.2 Å². The Balaban J connectivity index is 1.23. The minimum absolute atomic E-state index is 0.292. The number of aromatic hydroxyl groups is 2. The second-order valence-corrected chi connectivity index (χ2v) is 20.1. The van der Waals surface area contributed by atoms with Crippen LogP contribution in [0, 0.1) is 0 Å². The number of hydrogen-bond acceptors (Lipinski definition) is 4. The van der Waals surface area contributed by atoms with E-state index in [0.29, 0.717) is 23.0 Å². The molecule has 0 heterocycles. The Labute approximate surface area is 367 Å². The van der Waals surface area contributed by atoms with Gasteiger partial charge in [-0.05, 0) is 56.6 Å². The lowest BCUT2D eigenvalue weighted by atomic mass is 9.73. The van der Waals surface area contributed by atoms with Crippen LogP contribution >= 0.6 is 23.5 Å². The molecule has 2 N–H and O–H groups in total. The Hall–Kier alpha value is -5.16. The highest BCUT2D eigenvalue weighted by Crippen LogP contribution is 2.48. The maximum absolute atomic E-state index is 12.2. The molecule has 0 amide bonds. The quantitative estimate of drug-likeness (QED) is 0.107. The first-order valence-electron chi connectivity index (χ1n) is 20.9. The molecule has 0 unspecified atom stereocenters. The zero-order chi connectivity index (χ0) is 42.7. The zero-order valence-corrected chi connectivity index (χ0v) is 37.9. The Bertz CT molecular complexity index is 2360. The highest BCUT2D eigenvalue weighted by molar-refractivity contribution is 7.99. The Morgan fingerprint density at radius 3 is 0.900 bits per heavy atom. The van der Waals surface area contributed by atoms with E-state index < -0.39 is 10.8 Å². The molecule has 2 nitrogen and oxygen atoms in total. The molecule has 0 spiro atoms. The van der Waals surface area contributed by atoms with Gasteiger partial charge in [0.2, 0.25) is 0 Å². The maximum atomic E-state index is 12.2. The van der Waals surface area contributed by atoms with E-state index in [0.717, 1.165) is 32.0 Å². The molecule has 60 heavy (non-hydrogen) atoms. The standard InChI is InChI=1S/C56H58O2S2/c1-53(2,41-25-13-9-14-26-41)45-33-47(55(5,6)43-29-17-11-18-30-43)51(57)49(35-45)59-37-39-23-21-22-24-40(39)38-60-50-36-46(54(3,4)42-27-15-10-16-28-42)34-48(52(50)58)56(7,8)44-31-19-12-20-32-44/h9-36,57-58H,37-38H2,1-8H3. The van der Waals surface area contributed by atoms with E-state index >= 15 is 0 Å². The molecular formula is C56H58O2S2. The highest BCUT2D eigenvalue weighted by atomic mass is 32.2. The van der Waals surface area contributed by atoms with Crippen molar-refractivity contribution < 1.29 is 10.2 Å². The predicted octanol–water partition coefficient (Wildman–Crippen LogP) is 15.0. The van der Waals surface area contributed by atoms with Crippen molar-refractivity contribution in [1.82, 2.24) is 0 Å². The maximum Gasteiger partial charge on any atom is 0.133 e. The molecular weight excluding hydrogens is 769 g/mol. The molecule has 0 aliphatic carbocycles. The smallest absolute Gasteiger partial charge is 0.133 e. The Morgan fingerprint density at radius 1 is 0.333 bits per heavy atom. The van der Waals surface area contributed by atoms with Crippen molar-refractivity contribution in [1.29, 1.82) is 0 Å². The van der Waals surface area contributed by atoms with Gasteiger partial charge in [0.15, 0.2) is 0 Å². The average molecular weight is 827 g/mol. The third-order valence-electron chi connectivity index (χ3n) is 12.8. The molecule has 0 aromatic heterocycles. The molecule has 0 bridgehead atoms. The van der Waals surface area contributed by atoms with Gasteiger partial charge in [0.1, 0.15) is 11.5 Å². The summed E-state index contributed by atoms with van der Waals surface area (Å²) in [6, 6.07) is 59.7. The van der Waals surface area contributed by atoms with Crippen molar-refractivity contribution in [3.63, 3.8) is 0 Å². The number of rotatable bonds is 14. The molecule has 0 saturated heterocycles. The lowest BCUT2D eigenvalue weighted by Gasteiger charge is -2.32. The zero-order valence-electron chi connectivity index (χ0n) is 36.3. The minimum Gasteiger partial charge on any atom is -0.506 e. The molecule has 0 aliphatic rings. The van der Waals surface area contributed by atoms with Crippen molar-refractivity contribution in [3.8, 4) is 11.5 Å². The van der Waals surface area contributed by atoms with Crippen LogP contribution in [0.3, 0.4) is 0 Å². The SMILES string of the molecule is CC(C)(c1ccccc1)c1cc(SCc2ccccc2CSc2cc(C(C)(C)c3ccccc3)cc(C(C)(C)c3ccccc3)c2O)c(O)c(C(C)(C)c2ccccc2)c1. The van der Waals surface area contributed by atoms with Crippen LogP contribution in [0.4, 0.5) is 0 Å². The van der Waals surface area contributed by atoms with Gasteiger partial charge in [-0.1, -0.05) is 213 Å². The van der Waals surface area contributed by atoms with E-state index in [1.54, 1.807) is 23.5 Å². The van der Waals surface area contributed by atoms with Gasteiger partial charge in [0.25, 0.3) is 0 Å². The highest BCUT2D eigenvalue weighted by Gasteiger charge is 2.34. The van der Waals surface area contributed by atoms with Gasteiger partial charge >= 0.3 is 0 Å². The number of thioether (sulfide) groups is 2. The van der Waals surface area contributed by atoms with E-state index in [4.69, 9.17) is 0 Å². The van der Waals surface area contributed by atoms with Crippen molar-refractivity contribution in [2.45, 2.75) is 98.3 Å². The molecule has 7 rings (SSSR count). The van der Waals surface area contributed by atoms with E-state index in [9.17, 15) is 10.2 Å². The number of benzene rings is 7. The largest absolute Gasteiger partial charge is 0.506 e. The number of phenols is 2. The monoisotopic (exact) mass is 826 g/mol. The number of phenolic OH excluding ortho intramolecular Hbond substituents is 2.